The van der Waals surface area contributed by atoms with Gasteiger partial charge in [-0.05, 0) is 18.6 Å². The largest absolute Gasteiger partial charge is 0.389 e. The van der Waals surface area contributed by atoms with Crippen molar-refractivity contribution in [3.63, 3.8) is 0 Å². The van der Waals surface area contributed by atoms with Gasteiger partial charge in [0.2, 0.25) is 0 Å². The Bertz CT molecular complexity index is 474. The monoisotopic (exact) mass is 262 g/mol. The van der Waals surface area contributed by atoms with Crippen LogP contribution in [-0.4, -0.2) is 23.1 Å². The lowest BCUT2D eigenvalue weighted by Crippen LogP contribution is -2.24. The Morgan fingerprint density at radius 1 is 1.42 bits per heavy atom. The van der Waals surface area contributed by atoms with Crippen LogP contribution < -0.4 is 4.90 Å². The minimum atomic E-state index is -0.736. The fraction of sp³-hybridized carbons (Fsp3) is 0.286. The molecule has 102 valence electrons. The zero-order valence-corrected chi connectivity index (χ0v) is 11.0. The molecule has 0 radical (unpaired) electrons. The van der Waals surface area contributed by atoms with Crippen molar-refractivity contribution in [2.75, 3.05) is 18.0 Å². The fourth-order valence-corrected chi connectivity index (χ4v) is 1.80. The van der Waals surface area contributed by atoms with Crippen LogP contribution in [0.3, 0.4) is 0 Å². The molecule has 0 aliphatic rings. The van der Waals surface area contributed by atoms with Gasteiger partial charge >= 0.3 is 0 Å². The molecule has 1 aromatic carbocycles. The topological polar surface area (TPSA) is 66.6 Å². The smallest absolute Gasteiger partial charge is 0.292 e. The maximum Gasteiger partial charge on any atom is 0.292 e. The molecular formula is C14H18N2O3. The summed E-state index contributed by atoms with van der Waals surface area (Å²) >= 11 is 0. The molecule has 0 aromatic heterocycles. The molecule has 0 heterocycles. The lowest BCUT2D eigenvalue weighted by Gasteiger charge is -2.21. The highest BCUT2D eigenvalue weighted by molar-refractivity contribution is 5.65. The molecule has 1 aromatic rings. The summed E-state index contributed by atoms with van der Waals surface area (Å²) in [7, 11) is 0. The van der Waals surface area contributed by atoms with Crippen molar-refractivity contribution in [3.05, 3.63) is 59.2 Å². The number of anilines is 1. The molecule has 0 aliphatic carbocycles. The molecule has 1 rings (SSSR count). The SMILES string of the molecule is C=CCN(CC=C)c1ccc(C(C)O)cc1[N+](=O)[O-]. The van der Waals surface area contributed by atoms with Gasteiger partial charge in [-0.15, -0.1) is 13.2 Å². The predicted octanol–water partition coefficient (Wildman–Crippen LogP) is 2.83. The van der Waals surface area contributed by atoms with Crippen molar-refractivity contribution in [1.29, 1.82) is 0 Å². The van der Waals surface area contributed by atoms with E-state index in [0.29, 0.717) is 24.3 Å². The van der Waals surface area contributed by atoms with Crippen molar-refractivity contribution in [2.24, 2.45) is 0 Å². The molecule has 1 N–H and O–H groups in total. The number of hydrogen-bond donors (Lipinski definition) is 1. The summed E-state index contributed by atoms with van der Waals surface area (Å²) in [5.41, 5.74) is 0.990. The van der Waals surface area contributed by atoms with Crippen LogP contribution in [-0.2, 0) is 0 Å². The van der Waals surface area contributed by atoms with Crippen LogP contribution in [0.4, 0.5) is 11.4 Å². The highest BCUT2D eigenvalue weighted by atomic mass is 16.6. The normalized spacial score (nSPS) is 11.7. The minimum Gasteiger partial charge on any atom is -0.389 e. The summed E-state index contributed by atoms with van der Waals surface area (Å²) in [6.45, 7) is 9.83. The van der Waals surface area contributed by atoms with E-state index < -0.39 is 11.0 Å². The first-order valence-corrected chi connectivity index (χ1v) is 5.94. The van der Waals surface area contributed by atoms with Gasteiger partial charge in [0.25, 0.3) is 5.69 Å². The van der Waals surface area contributed by atoms with Crippen molar-refractivity contribution in [1.82, 2.24) is 0 Å². The number of benzene rings is 1. The summed E-state index contributed by atoms with van der Waals surface area (Å²) in [5, 5.41) is 20.7. The van der Waals surface area contributed by atoms with Crippen LogP contribution >= 0.6 is 0 Å². The van der Waals surface area contributed by atoms with Gasteiger partial charge in [-0.25, -0.2) is 0 Å². The van der Waals surface area contributed by atoms with Crippen LogP contribution in [0, 0.1) is 10.1 Å². The second-order valence-electron chi connectivity index (χ2n) is 4.16. The Hall–Kier alpha value is -2.14. The zero-order valence-electron chi connectivity index (χ0n) is 11.0. The Morgan fingerprint density at radius 3 is 2.42 bits per heavy atom. The van der Waals surface area contributed by atoms with Gasteiger partial charge in [-0.1, -0.05) is 18.2 Å². The predicted molar refractivity (Wildman–Crippen MR) is 76.3 cm³/mol. The van der Waals surface area contributed by atoms with E-state index in [1.165, 1.54) is 6.07 Å². The fourth-order valence-electron chi connectivity index (χ4n) is 1.80. The van der Waals surface area contributed by atoms with E-state index in [-0.39, 0.29) is 5.69 Å². The third kappa shape index (κ3) is 3.66. The molecule has 0 saturated heterocycles. The van der Waals surface area contributed by atoms with Gasteiger partial charge in [0, 0.05) is 19.2 Å². The van der Waals surface area contributed by atoms with E-state index in [9.17, 15) is 15.2 Å². The maximum atomic E-state index is 11.2. The second kappa shape index (κ2) is 6.70. The molecule has 0 fully saturated rings. The van der Waals surface area contributed by atoms with Gasteiger partial charge in [0.15, 0.2) is 0 Å². The van der Waals surface area contributed by atoms with E-state index >= 15 is 0 Å². The number of nitro groups is 1. The van der Waals surface area contributed by atoms with Gasteiger partial charge in [0.1, 0.15) is 5.69 Å². The van der Waals surface area contributed by atoms with Crippen molar-refractivity contribution in [3.8, 4) is 0 Å². The molecule has 0 bridgehead atoms. The highest BCUT2D eigenvalue weighted by Crippen LogP contribution is 2.31. The molecule has 0 aliphatic heterocycles. The Balaban J connectivity index is 3.27. The number of rotatable bonds is 7. The number of aliphatic hydroxyl groups is 1. The van der Waals surface area contributed by atoms with Gasteiger partial charge in [0.05, 0.1) is 11.0 Å². The Labute approximate surface area is 112 Å². The summed E-state index contributed by atoms with van der Waals surface area (Å²) in [6.07, 6.45) is 2.62. The molecule has 0 spiro atoms. The van der Waals surface area contributed by atoms with Crippen LogP contribution in [0.25, 0.3) is 0 Å². The van der Waals surface area contributed by atoms with Crippen LogP contribution in [0.15, 0.2) is 43.5 Å². The molecule has 5 heteroatoms. The molecule has 0 amide bonds. The van der Waals surface area contributed by atoms with Crippen LogP contribution in [0.2, 0.25) is 0 Å². The average Bonchev–Trinajstić information content (AvgIpc) is 2.37. The van der Waals surface area contributed by atoms with E-state index in [1.54, 1.807) is 36.1 Å². The first-order chi connectivity index (χ1) is 9.01. The molecule has 5 nitrogen and oxygen atoms in total. The van der Waals surface area contributed by atoms with E-state index in [2.05, 4.69) is 13.2 Å². The molecular weight excluding hydrogens is 244 g/mol. The highest BCUT2D eigenvalue weighted by Gasteiger charge is 2.19. The molecule has 19 heavy (non-hydrogen) atoms. The number of nitro benzene ring substituents is 1. The third-order valence-corrected chi connectivity index (χ3v) is 2.72. The Kier molecular flexibility index (Phi) is 5.26. The van der Waals surface area contributed by atoms with Crippen LogP contribution in [0.5, 0.6) is 0 Å². The average molecular weight is 262 g/mol. The molecule has 1 atom stereocenters. The zero-order chi connectivity index (χ0) is 14.4. The number of aliphatic hydroxyl groups excluding tert-OH is 1. The number of nitrogens with zero attached hydrogens (tertiary/aromatic N) is 2. The number of hydrogen-bond acceptors (Lipinski definition) is 4. The van der Waals surface area contributed by atoms with E-state index in [0.717, 1.165) is 0 Å². The first kappa shape index (κ1) is 14.9. The molecule has 0 saturated carbocycles. The lowest BCUT2D eigenvalue weighted by atomic mass is 10.1. The lowest BCUT2D eigenvalue weighted by molar-refractivity contribution is -0.384. The van der Waals surface area contributed by atoms with Gasteiger partial charge in [-0.2, -0.15) is 0 Å². The second-order valence-corrected chi connectivity index (χ2v) is 4.16. The van der Waals surface area contributed by atoms with Crippen molar-refractivity contribution >= 4 is 11.4 Å². The van der Waals surface area contributed by atoms with Crippen LogP contribution in [0.1, 0.15) is 18.6 Å². The summed E-state index contributed by atoms with van der Waals surface area (Å²) in [4.78, 5) is 12.5. The van der Waals surface area contributed by atoms with E-state index in [1.807, 2.05) is 0 Å². The first-order valence-electron chi connectivity index (χ1n) is 5.94. The summed E-state index contributed by atoms with van der Waals surface area (Å²) in [5.74, 6) is 0. The van der Waals surface area contributed by atoms with E-state index in [4.69, 9.17) is 0 Å². The molecule has 1 unspecified atom stereocenters. The maximum absolute atomic E-state index is 11.2. The minimum absolute atomic E-state index is 0.0258. The third-order valence-electron chi connectivity index (χ3n) is 2.72. The van der Waals surface area contributed by atoms with Gasteiger partial charge in [-0.3, -0.25) is 10.1 Å². The Morgan fingerprint density at radius 2 is 2.00 bits per heavy atom. The van der Waals surface area contributed by atoms with Gasteiger partial charge < -0.3 is 10.0 Å². The van der Waals surface area contributed by atoms with Crippen molar-refractivity contribution < 1.29 is 10.0 Å². The summed E-state index contributed by atoms with van der Waals surface area (Å²) in [6, 6.07) is 4.73. The quantitative estimate of drug-likeness (QED) is 0.466. The standard InChI is InChI=1S/C14H18N2O3/c1-4-8-15(9-5-2)13-7-6-12(11(3)17)10-14(13)16(18)19/h4-7,10-11,17H,1-2,8-9H2,3H3. The summed E-state index contributed by atoms with van der Waals surface area (Å²) < 4.78 is 0. The van der Waals surface area contributed by atoms with Crippen molar-refractivity contribution in [2.45, 2.75) is 13.0 Å².